The fourth-order valence-electron chi connectivity index (χ4n) is 6.49. The molecule has 5 heterocycles. The van der Waals surface area contributed by atoms with Crippen molar-refractivity contribution < 1.29 is 24.4 Å². The molecule has 13 heteroatoms. The molecule has 41 heavy (non-hydrogen) atoms. The highest BCUT2D eigenvalue weighted by molar-refractivity contribution is 5.98. The summed E-state index contributed by atoms with van der Waals surface area (Å²) in [5, 5.41) is 20.8. The van der Waals surface area contributed by atoms with Crippen LogP contribution in [0.1, 0.15) is 52.2 Å². The molecule has 4 aliphatic rings. The number of fused-ring (bicyclic) bond motifs is 1. The average molecular weight is 563 g/mol. The van der Waals surface area contributed by atoms with Crippen molar-refractivity contribution in [3.05, 3.63) is 58.9 Å². The number of nitrogens with one attached hydrogen (secondary N) is 4. The van der Waals surface area contributed by atoms with Crippen LogP contribution in [-0.2, 0) is 5.41 Å². The number of aliphatic imine (C=N–C) groups is 1. The van der Waals surface area contributed by atoms with Gasteiger partial charge in [0.2, 0.25) is 5.66 Å². The zero-order chi connectivity index (χ0) is 29.1. The Morgan fingerprint density at radius 1 is 1.24 bits per heavy atom. The summed E-state index contributed by atoms with van der Waals surface area (Å²) < 4.78 is 5.94. The van der Waals surface area contributed by atoms with Crippen molar-refractivity contribution in [1.29, 1.82) is 0 Å². The SMILES string of the molecule is Cc1cccnc1C(=O)NC[C@@H]1N=C(N)N2CC(NC(=O)c3cccc4c3OCCC4(C)C)[C@@H](O)[C@@]23NC(N)=[NH+][C@@H]13. The van der Waals surface area contributed by atoms with Crippen LogP contribution in [0, 0.1) is 6.92 Å². The van der Waals surface area contributed by atoms with Gasteiger partial charge in [0.25, 0.3) is 11.8 Å². The van der Waals surface area contributed by atoms with Crippen molar-refractivity contribution in [3.8, 4) is 5.75 Å². The summed E-state index contributed by atoms with van der Waals surface area (Å²) in [6.07, 6.45) is 1.28. The molecule has 4 aliphatic heterocycles. The molecular formula is C28H36N9O4+. The van der Waals surface area contributed by atoms with E-state index in [0.717, 1.165) is 17.5 Å². The number of aromatic nitrogens is 1. The molecule has 0 saturated carbocycles. The van der Waals surface area contributed by atoms with Crippen LogP contribution >= 0.6 is 0 Å². The molecule has 1 spiro atoms. The quantitative estimate of drug-likeness (QED) is 0.205. The summed E-state index contributed by atoms with van der Waals surface area (Å²) in [7, 11) is 0. The Morgan fingerprint density at radius 2 is 2.05 bits per heavy atom. The predicted molar refractivity (Wildman–Crippen MR) is 150 cm³/mol. The summed E-state index contributed by atoms with van der Waals surface area (Å²) in [5.74, 6) is 0.271. The van der Waals surface area contributed by atoms with Crippen LogP contribution in [0.4, 0.5) is 0 Å². The maximum absolute atomic E-state index is 13.6. The smallest absolute Gasteiger partial charge is 0.343 e. The first kappa shape index (κ1) is 26.8. The van der Waals surface area contributed by atoms with Crippen LogP contribution in [0.15, 0.2) is 41.5 Å². The standard InChI is InChI=1S/C28H35N9O4/c1-14-6-5-10-31-19(14)24(40)32-12-17-21-28(36-25(29)35-21)22(38)18(13-37(28)26(30)34-17)33-23(39)15-7-4-8-16-20(15)41-11-9-27(16,2)3/h4-8,10,17-18,21-22,38H,9,11-13H2,1-3H3,(H2,30,34)(H,32,40)(H,33,39)(H3,29,35,36)/p+1/t17-,18?,21-,22+,28-/m0/s1. The van der Waals surface area contributed by atoms with Crippen LogP contribution in [-0.4, -0.2) is 88.3 Å². The highest BCUT2D eigenvalue weighted by Gasteiger charge is 2.68. The Labute approximate surface area is 237 Å². The van der Waals surface area contributed by atoms with E-state index in [4.69, 9.17) is 16.2 Å². The number of hydrogen-bond donors (Lipinski definition) is 7. The van der Waals surface area contributed by atoms with Gasteiger partial charge in [0.1, 0.15) is 23.6 Å². The third-order valence-electron chi connectivity index (χ3n) is 8.71. The number of rotatable bonds is 5. The second-order valence-corrected chi connectivity index (χ2v) is 11.7. The molecule has 1 aromatic heterocycles. The van der Waals surface area contributed by atoms with Gasteiger partial charge in [0.05, 0.1) is 18.2 Å². The largest absolute Gasteiger partial charge is 0.492 e. The number of carbonyl (C=O) groups excluding carboxylic acids is 2. The fourth-order valence-corrected chi connectivity index (χ4v) is 6.49. The van der Waals surface area contributed by atoms with Gasteiger partial charge in [-0.05, 0) is 36.5 Å². The molecular weight excluding hydrogens is 526 g/mol. The monoisotopic (exact) mass is 562 g/mol. The molecule has 5 atom stereocenters. The molecule has 1 unspecified atom stereocenters. The minimum Gasteiger partial charge on any atom is -0.492 e. The predicted octanol–water partition coefficient (Wildman–Crippen LogP) is -2.58. The maximum atomic E-state index is 13.6. The van der Waals surface area contributed by atoms with Crippen molar-refractivity contribution >= 4 is 23.7 Å². The number of nitrogens with two attached hydrogens (primary N) is 2. The fraction of sp³-hybridized carbons (Fsp3) is 0.464. The second kappa shape index (κ2) is 9.61. The molecule has 0 bridgehead atoms. The van der Waals surface area contributed by atoms with E-state index in [1.165, 1.54) is 0 Å². The van der Waals surface area contributed by atoms with Gasteiger partial charge in [0, 0.05) is 24.8 Å². The van der Waals surface area contributed by atoms with Crippen molar-refractivity contribution in [1.82, 2.24) is 25.8 Å². The maximum Gasteiger partial charge on any atom is 0.343 e. The molecule has 6 rings (SSSR count). The van der Waals surface area contributed by atoms with E-state index in [2.05, 4.69) is 44.8 Å². The lowest BCUT2D eigenvalue weighted by Gasteiger charge is -2.43. The Hall–Kier alpha value is -4.39. The Bertz CT molecular complexity index is 1470. The topological polar surface area (TPSA) is 194 Å². The normalized spacial score (nSPS) is 29.1. The lowest BCUT2D eigenvalue weighted by Crippen LogP contribution is -2.88. The van der Waals surface area contributed by atoms with E-state index >= 15 is 0 Å². The molecule has 1 aromatic carbocycles. The van der Waals surface area contributed by atoms with Crippen molar-refractivity contribution in [3.63, 3.8) is 0 Å². The number of amides is 2. The number of ether oxygens (including phenoxy) is 1. The summed E-state index contributed by atoms with van der Waals surface area (Å²) >= 11 is 0. The number of aryl methyl sites for hydroxylation is 1. The summed E-state index contributed by atoms with van der Waals surface area (Å²) in [6, 6.07) is 7.28. The lowest BCUT2D eigenvalue weighted by atomic mass is 9.79. The number of aliphatic hydroxyl groups excluding tert-OH is 1. The first-order chi connectivity index (χ1) is 19.5. The van der Waals surface area contributed by atoms with Gasteiger partial charge in [-0.2, -0.15) is 0 Å². The third-order valence-corrected chi connectivity index (χ3v) is 8.71. The molecule has 2 amide bonds. The first-order valence-corrected chi connectivity index (χ1v) is 13.8. The van der Waals surface area contributed by atoms with Gasteiger partial charge < -0.3 is 31.1 Å². The van der Waals surface area contributed by atoms with Crippen LogP contribution in [0.2, 0.25) is 0 Å². The molecule has 1 fully saturated rings. The Balaban J connectivity index is 1.23. The number of para-hydroxylation sites is 1. The average Bonchev–Trinajstić information content (AvgIpc) is 3.43. The van der Waals surface area contributed by atoms with Gasteiger partial charge in [-0.25, -0.2) is 10.3 Å². The van der Waals surface area contributed by atoms with Crippen LogP contribution in [0.25, 0.3) is 0 Å². The summed E-state index contributed by atoms with van der Waals surface area (Å²) in [6.45, 7) is 6.90. The highest BCUT2D eigenvalue weighted by Crippen LogP contribution is 2.41. The van der Waals surface area contributed by atoms with Gasteiger partial charge in [-0.1, -0.05) is 32.0 Å². The number of carbonyl (C=O) groups is 2. The number of guanidine groups is 2. The summed E-state index contributed by atoms with van der Waals surface area (Å²) in [4.78, 5) is 40.1. The van der Waals surface area contributed by atoms with E-state index in [1.54, 1.807) is 23.2 Å². The minimum atomic E-state index is -1.20. The molecule has 13 nitrogen and oxygen atoms in total. The number of hydrogen-bond acceptors (Lipinski definition) is 10. The van der Waals surface area contributed by atoms with E-state index in [0.29, 0.717) is 23.6 Å². The molecule has 216 valence electrons. The molecule has 2 aromatic rings. The van der Waals surface area contributed by atoms with Crippen molar-refractivity contribution in [2.75, 3.05) is 19.7 Å². The summed E-state index contributed by atoms with van der Waals surface area (Å²) in [5.41, 5.74) is 13.7. The second-order valence-electron chi connectivity index (χ2n) is 11.7. The molecule has 0 aliphatic carbocycles. The zero-order valence-electron chi connectivity index (χ0n) is 23.3. The van der Waals surface area contributed by atoms with Crippen LogP contribution in [0.3, 0.4) is 0 Å². The van der Waals surface area contributed by atoms with E-state index in [-0.39, 0.29) is 42.2 Å². The van der Waals surface area contributed by atoms with Gasteiger partial charge in [-0.3, -0.25) is 25.3 Å². The van der Waals surface area contributed by atoms with E-state index < -0.39 is 29.9 Å². The van der Waals surface area contributed by atoms with Gasteiger partial charge in [-0.15, -0.1) is 0 Å². The minimum absolute atomic E-state index is 0.116. The van der Waals surface area contributed by atoms with Crippen molar-refractivity contribution in [2.24, 2.45) is 16.5 Å². The van der Waals surface area contributed by atoms with Gasteiger partial charge >= 0.3 is 5.96 Å². The first-order valence-electron chi connectivity index (χ1n) is 13.8. The van der Waals surface area contributed by atoms with Crippen LogP contribution in [0.5, 0.6) is 5.75 Å². The van der Waals surface area contributed by atoms with Gasteiger partial charge in [0.15, 0.2) is 12.0 Å². The number of benzene rings is 1. The Kier molecular flexibility index (Phi) is 6.29. The number of nitrogens with zero attached hydrogens (tertiary/aromatic N) is 3. The lowest BCUT2D eigenvalue weighted by molar-refractivity contribution is -0.513. The third kappa shape index (κ3) is 4.22. The van der Waals surface area contributed by atoms with E-state index in [9.17, 15) is 14.7 Å². The number of aliphatic hydroxyl groups is 1. The number of pyridine rings is 1. The highest BCUT2D eigenvalue weighted by atomic mass is 16.5. The Morgan fingerprint density at radius 3 is 2.83 bits per heavy atom. The van der Waals surface area contributed by atoms with Crippen LogP contribution < -0.4 is 37.1 Å². The zero-order valence-corrected chi connectivity index (χ0v) is 23.3. The van der Waals surface area contributed by atoms with Crippen molar-refractivity contribution in [2.45, 2.75) is 62.5 Å². The molecule has 1 saturated heterocycles. The molecule has 9 N–H and O–H groups in total. The van der Waals surface area contributed by atoms with E-state index in [1.807, 2.05) is 25.1 Å². The molecule has 0 radical (unpaired) electrons.